The van der Waals surface area contributed by atoms with Gasteiger partial charge in [0.15, 0.2) is 0 Å². The van der Waals surface area contributed by atoms with Crippen molar-refractivity contribution in [3.8, 4) is 0 Å². The molecule has 5 heteroatoms. The van der Waals surface area contributed by atoms with Crippen LogP contribution in [0.3, 0.4) is 0 Å². The molecule has 0 aromatic heterocycles. The Balaban J connectivity index is 2.08. The van der Waals surface area contributed by atoms with Gasteiger partial charge in [0.05, 0.1) is 0 Å². The summed E-state index contributed by atoms with van der Waals surface area (Å²) in [7, 11) is 0. The van der Waals surface area contributed by atoms with Gasteiger partial charge in [-0.25, -0.2) is 0 Å². The van der Waals surface area contributed by atoms with Crippen LogP contribution in [-0.2, 0) is 9.59 Å². The lowest BCUT2D eigenvalue weighted by molar-refractivity contribution is -0.132. The first-order chi connectivity index (χ1) is 7.54. The molecule has 2 rings (SSSR count). The molecule has 1 fully saturated rings. The highest BCUT2D eigenvalue weighted by atomic mass is 79.9. The summed E-state index contributed by atoms with van der Waals surface area (Å²) in [5.41, 5.74) is 4.91. The van der Waals surface area contributed by atoms with Crippen LogP contribution < -0.4 is 11.1 Å². The monoisotopic (exact) mass is 282 g/mol. The van der Waals surface area contributed by atoms with Crippen LogP contribution in [0.1, 0.15) is 12.8 Å². The predicted octanol–water partition coefficient (Wildman–Crippen LogP) is 1.65. The summed E-state index contributed by atoms with van der Waals surface area (Å²) >= 11 is 3.30. The molecule has 1 aromatic carbocycles. The molecule has 84 valence electrons. The van der Waals surface area contributed by atoms with E-state index in [0.29, 0.717) is 18.5 Å². The molecular formula is C11H11BrN2O2. The quantitative estimate of drug-likeness (QED) is 0.828. The molecule has 0 radical (unpaired) electrons. The second-order valence-corrected chi connectivity index (χ2v) is 4.82. The van der Waals surface area contributed by atoms with Gasteiger partial charge in [0, 0.05) is 10.2 Å². The largest absolute Gasteiger partial charge is 0.369 e. The number of carbonyl (C=O) groups excluding carboxylic acids is 2. The predicted molar refractivity (Wildman–Crippen MR) is 63.6 cm³/mol. The molecule has 1 aromatic rings. The van der Waals surface area contributed by atoms with Crippen LogP contribution in [-0.4, -0.2) is 11.8 Å². The molecule has 0 saturated heterocycles. The number of rotatable bonds is 3. The molecule has 0 heterocycles. The lowest BCUT2D eigenvalue weighted by Crippen LogP contribution is -2.36. The fourth-order valence-electron chi connectivity index (χ4n) is 1.49. The number of amides is 2. The minimum absolute atomic E-state index is 0.303. The topological polar surface area (TPSA) is 72.2 Å². The van der Waals surface area contributed by atoms with Crippen molar-refractivity contribution in [2.45, 2.75) is 12.8 Å². The van der Waals surface area contributed by atoms with E-state index in [-0.39, 0.29) is 5.91 Å². The van der Waals surface area contributed by atoms with Gasteiger partial charge in [-0.15, -0.1) is 0 Å². The zero-order valence-electron chi connectivity index (χ0n) is 8.50. The van der Waals surface area contributed by atoms with E-state index in [1.807, 2.05) is 12.1 Å². The van der Waals surface area contributed by atoms with Crippen LogP contribution in [0.25, 0.3) is 0 Å². The SMILES string of the molecule is NC(=O)C1(C(=O)Nc2ccc(Br)cc2)CC1. The van der Waals surface area contributed by atoms with Gasteiger partial charge < -0.3 is 11.1 Å². The summed E-state index contributed by atoms with van der Waals surface area (Å²) in [4.78, 5) is 22.9. The number of carbonyl (C=O) groups is 2. The molecule has 1 aliphatic rings. The van der Waals surface area contributed by atoms with Crippen LogP contribution in [0.15, 0.2) is 28.7 Å². The van der Waals surface area contributed by atoms with Crippen molar-refractivity contribution < 1.29 is 9.59 Å². The van der Waals surface area contributed by atoms with Gasteiger partial charge in [0.1, 0.15) is 5.41 Å². The van der Waals surface area contributed by atoms with E-state index in [9.17, 15) is 9.59 Å². The Morgan fingerprint density at radius 2 is 1.81 bits per heavy atom. The normalized spacial score (nSPS) is 16.6. The minimum Gasteiger partial charge on any atom is -0.369 e. The van der Waals surface area contributed by atoms with Crippen LogP contribution in [0, 0.1) is 5.41 Å². The molecule has 0 unspecified atom stereocenters. The first kappa shape index (κ1) is 11.1. The fourth-order valence-corrected chi connectivity index (χ4v) is 1.76. The number of hydrogen-bond acceptors (Lipinski definition) is 2. The molecule has 1 aliphatic carbocycles. The maximum Gasteiger partial charge on any atom is 0.240 e. The third-order valence-electron chi connectivity index (χ3n) is 2.76. The van der Waals surface area contributed by atoms with Crippen molar-refractivity contribution >= 4 is 33.4 Å². The van der Waals surface area contributed by atoms with Crippen LogP contribution in [0.5, 0.6) is 0 Å². The van der Waals surface area contributed by atoms with Crippen LogP contribution >= 0.6 is 15.9 Å². The van der Waals surface area contributed by atoms with Gasteiger partial charge in [-0.1, -0.05) is 15.9 Å². The Labute approximate surface area is 101 Å². The average molecular weight is 283 g/mol. The highest BCUT2D eigenvalue weighted by molar-refractivity contribution is 9.10. The van der Waals surface area contributed by atoms with Crippen molar-refractivity contribution in [2.75, 3.05) is 5.32 Å². The minimum atomic E-state index is -0.965. The maximum atomic E-state index is 11.8. The van der Waals surface area contributed by atoms with E-state index in [4.69, 9.17) is 5.73 Å². The van der Waals surface area contributed by atoms with E-state index in [2.05, 4.69) is 21.2 Å². The molecule has 2 amide bonds. The van der Waals surface area contributed by atoms with E-state index in [1.165, 1.54) is 0 Å². The lowest BCUT2D eigenvalue weighted by Gasteiger charge is -2.11. The Hall–Kier alpha value is -1.36. The standard InChI is InChI=1S/C11H11BrN2O2/c12-7-1-3-8(4-2-7)14-10(16)11(5-6-11)9(13)15/h1-4H,5-6H2,(H2,13,15)(H,14,16). The van der Waals surface area contributed by atoms with E-state index in [1.54, 1.807) is 12.1 Å². The van der Waals surface area contributed by atoms with Crippen molar-refractivity contribution in [1.82, 2.24) is 0 Å². The number of nitrogens with two attached hydrogens (primary N) is 1. The third-order valence-corrected chi connectivity index (χ3v) is 3.29. The molecule has 0 aliphatic heterocycles. The summed E-state index contributed by atoms with van der Waals surface area (Å²) < 4.78 is 0.932. The van der Waals surface area contributed by atoms with Crippen LogP contribution in [0.4, 0.5) is 5.69 Å². The van der Waals surface area contributed by atoms with E-state index < -0.39 is 11.3 Å². The highest BCUT2D eigenvalue weighted by Gasteiger charge is 2.55. The summed E-state index contributed by atoms with van der Waals surface area (Å²) in [6, 6.07) is 7.16. The fraction of sp³-hybridized carbons (Fsp3) is 0.273. The number of anilines is 1. The van der Waals surface area contributed by atoms with E-state index in [0.717, 1.165) is 4.47 Å². The van der Waals surface area contributed by atoms with Gasteiger partial charge in [0.25, 0.3) is 0 Å². The van der Waals surface area contributed by atoms with E-state index >= 15 is 0 Å². The maximum absolute atomic E-state index is 11.8. The summed E-state index contributed by atoms with van der Waals surface area (Å²) in [5, 5.41) is 2.69. The first-order valence-corrected chi connectivity index (χ1v) is 5.71. The summed E-state index contributed by atoms with van der Waals surface area (Å²) in [6.45, 7) is 0. The number of hydrogen-bond donors (Lipinski definition) is 2. The molecule has 16 heavy (non-hydrogen) atoms. The van der Waals surface area contributed by atoms with Gasteiger partial charge in [0.2, 0.25) is 11.8 Å². The number of nitrogens with one attached hydrogen (secondary N) is 1. The smallest absolute Gasteiger partial charge is 0.240 e. The Bertz CT molecular complexity index is 438. The molecule has 4 nitrogen and oxygen atoms in total. The second kappa shape index (κ2) is 3.90. The Morgan fingerprint density at radius 3 is 2.25 bits per heavy atom. The average Bonchev–Trinajstić information content (AvgIpc) is 3.02. The Kier molecular flexibility index (Phi) is 2.71. The van der Waals surface area contributed by atoms with Crippen molar-refractivity contribution in [3.05, 3.63) is 28.7 Å². The van der Waals surface area contributed by atoms with Crippen molar-refractivity contribution in [3.63, 3.8) is 0 Å². The summed E-state index contributed by atoms with van der Waals surface area (Å²) in [6.07, 6.45) is 1.09. The summed E-state index contributed by atoms with van der Waals surface area (Å²) in [5.74, 6) is -0.843. The van der Waals surface area contributed by atoms with Crippen LogP contribution in [0.2, 0.25) is 0 Å². The second-order valence-electron chi connectivity index (χ2n) is 3.91. The number of benzene rings is 1. The van der Waals surface area contributed by atoms with Gasteiger partial charge in [-0.05, 0) is 37.1 Å². The molecule has 0 bridgehead atoms. The first-order valence-electron chi connectivity index (χ1n) is 4.91. The highest BCUT2D eigenvalue weighted by Crippen LogP contribution is 2.46. The molecule has 0 atom stereocenters. The molecular weight excluding hydrogens is 272 g/mol. The number of halogens is 1. The van der Waals surface area contributed by atoms with Crippen molar-refractivity contribution in [2.24, 2.45) is 11.1 Å². The zero-order valence-corrected chi connectivity index (χ0v) is 10.1. The van der Waals surface area contributed by atoms with Crippen molar-refractivity contribution in [1.29, 1.82) is 0 Å². The van der Waals surface area contributed by atoms with Gasteiger partial charge >= 0.3 is 0 Å². The number of primary amides is 1. The zero-order chi connectivity index (χ0) is 11.8. The Morgan fingerprint density at radius 1 is 1.25 bits per heavy atom. The molecule has 3 N–H and O–H groups in total. The van der Waals surface area contributed by atoms with Gasteiger partial charge in [-0.2, -0.15) is 0 Å². The molecule has 1 saturated carbocycles. The third kappa shape index (κ3) is 1.95. The van der Waals surface area contributed by atoms with Gasteiger partial charge in [-0.3, -0.25) is 9.59 Å². The molecule has 0 spiro atoms. The lowest BCUT2D eigenvalue weighted by atomic mass is 10.1.